The summed E-state index contributed by atoms with van der Waals surface area (Å²) in [7, 11) is -3.62. The van der Waals surface area contributed by atoms with E-state index in [4.69, 9.17) is 34.8 Å². The van der Waals surface area contributed by atoms with Crippen molar-refractivity contribution in [3.63, 3.8) is 0 Å². The van der Waals surface area contributed by atoms with Gasteiger partial charge in [0.25, 0.3) is 19.7 Å². The van der Waals surface area contributed by atoms with Crippen molar-refractivity contribution in [2.75, 3.05) is 41.9 Å². The zero-order valence-corrected chi connectivity index (χ0v) is 20.9. The van der Waals surface area contributed by atoms with Gasteiger partial charge >= 0.3 is 0 Å². The second kappa shape index (κ2) is 8.63. The highest BCUT2D eigenvalue weighted by Crippen LogP contribution is 2.36. The molecule has 0 unspecified atom stereocenters. The molecule has 2 aromatic carbocycles. The lowest BCUT2D eigenvalue weighted by Gasteiger charge is -2.37. The number of nitrogens with zero attached hydrogens (tertiary/aromatic N) is 3. The molecule has 2 heterocycles. The van der Waals surface area contributed by atoms with E-state index in [0.29, 0.717) is 44.8 Å². The van der Waals surface area contributed by atoms with Gasteiger partial charge in [-0.25, -0.2) is 8.42 Å². The van der Waals surface area contributed by atoms with Crippen LogP contribution < -0.4 is 9.21 Å². The van der Waals surface area contributed by atoms with Gasteiger partial charge in [-0.1, -0.05) is 50.7 Å². The third kappa shape index (κ3) is 4.64. The Labute approximate surface area is 204 Å². The lowest BCUT2D eigenvalue weighted by molar-refractivity contribution is -0.130. The zero-order chi connectivity index (χ0) is 22.4. The van der Waals surface area contributed by atoms with Crippen molar-refractivity contribution in [1.82, 2.24) is 4.90 Å². The van der Waals surface area contributed by atoms with Crippen LogP contribution in [0, 0.1) is 0 Å². The van der Waals surface area contributed by atoms with Crippen LogP contribution >= 0.6 is 50.7 Å². The molecule has 2 aliphatic heterocycles. The van der Waals surface area contributed by atoms with Crippen LogP contribution in [-0.2, 0) is 21.2 Å². The Morgan fingerprint density at radius 1 is 0.935 bits per heavy atom. The largest absolute Gasteiger partial charge is 0.368 e. The molecule has 0 atom stereocenters. The number of alkyl halides is 3. The Kier molecular flexibility index (Phi) is 6.40. The lowest BCUT2D eigenvalue weighted by Crippen LogP contribution is -2.51. The van der Waals surface area contributed by atoms with Gasteiger partial charge in [-0.15, -0.1) is 0 Å². The molecule has 31 heavy (non-hydrogen) atoms. The molecule has 2 aromatic rings. The van der Waals surface area contributed by atoms with E-state index in [0.717, 1.165) is 15.7 Å². The highest BCUT2D eigenvalue weighted by Gasteiger charge is 2.37. The van der Waals surface area contributed by atoms with Crippen molar-refractivity contribution >= 4 is 78.0 Å². The number of carbonyl (C=O) groups excluding carboxylic acids is 1. The van der Waals surface area contributed by atoms with Gasteiger partial charge in [-0.2, -0.15) is 0 Å². The molecule has 0 spiro atoms. The van der Waals surface area contributed by atoms with Gasteiger partial charge in [-0.3, -0.25) is 9.10 Å². The second-order valence-electron chi connectivity index (χ2n) is 7.37. The van der Waals surface area contributed by atoms with Crippen molar-refractivity contribution < 1.29 is 13.2 Å². The number of amides is 1. The van der Waals surface area contributed by atoms with Crippen LogP contribution in [0.15, 0.2) is 51.8 Å². The van der Waals surface area contributed by atoms with Gasteiger partial charge in [0.2, 0.25) is 0 Å². The maximum Gasteiger partial charge on any atom is 0.274 e. The average Bonchev–Trinajstić information content (AvgIpc) is 3.17. The number of halogens is 4. The van der Waals surface area contributed by atoms with Gasteiger partial charge in [0, 0.05) is 42.9 Å². The van der Waals surface area contributed by atoms with E-state index < -0.39 is 19.7 Å². The van der Waals surface area contributed by atoms with Crippen LogP contribution in [-0.4, -0.2) is 55.7 Å². The number of hydrogen-bond donors (Lipinski definition) is 0. The Morgan fingerprint density at radius 3 is 2.19 bits per heavy atom. The molecule has 1 saturated heterocycles. The van der Waals surface area contributed by atoms with Crippen molar-refractivity contribution in [2.45, 2.75) is 15.1 Å². The topological polar surface area (TPSA) is 60.9 Å². The molecule has 166 valence electrons. The maximum absolute atomic E-state index is 13.1. The third-order valence-corrected chi connectivity index (χ3v) is 8.33. The Morgan fingerprint density at radius 2 is 1.58 bits per heavy atom. The number of hydrogen-bond acceptors (Lipinski definition) is 4. The van der Waals surface area contributed by atoms with Crippen molar-refractivity contribution in [3.05, 3.63) is 52.5 Å². The molecule has 1 amide bonds. The van der Waals surface area contributed by atoms with E-state index in [9.17, 15) is 13.2 Å². The molecule has 0 saturated carbocycles. The van der Waals surface area contributed by atoms with Crippen LogP contribution in [0.2, 0.25) is 0 Å². The minimum absolute atomic E-state index is 0.266. The maximum atomic E-state index is 13.1. The average molecular weight is 568 g/mol. The first-order valence-electron chi connectivity index (χ1n) is 9.59. The van der Waals surface area contributed by atoms with E-state index in [1.54, 1.807) is 29.2 Å². The predicted molar refractivity (Wildman–Crippen MR) is 128 cm³/mol. The SMILES string of the molecule is O=C(N1CCN(c2ccc3c(c2)CCN3S(=O)(=O)c2ccc(Br)cc2)CC1)C(Cl)(Cl)Cl. The number of carbonyl (C=O) groups is 1. The summed E-state index contributed by atoms with van der Waals surface area (Å²) in [5.74, 6) is -0.514. The molecule has 6 nitrogen and oxygen atoms in total. The Hall–Kier alpha value is -1.19. The number of piperazine rings is 1. The van der Waals surface area contributed by atoms with E-state index in [1.807, 2.05) is 18.2 Å². The van der Waals surface area contributed by atoms with Gasteiger partial charge < -0.3 is 9.80 Å². The van der Waals surface area contributed by atoms with Crippen LogP contribution in [0.1, 0.15) is 5.56 Å². The molecular formula is C20H19BrCl3N3O3S. The quantitative estimate of drug-likeness (QED) is 0.522. The molecule has 0 aliphatic carbocycles. The normalized spacial score (nSPS) is 17.1. The van der Waals surface area contributed by atoms with Crippen molar-refractivity contribution in [3.8, 4) is 0 Å². The van der Waals surface area contributed by atoms with E-state index in [1.165, 1.54) is 4.31 Å². The Balaban J connectivity index is 1.50. The van der Waals surface area contributed by atoms with Gasteiger partial charge in [-0.05, 0) is 54.4 Å². The summed E-state index contributed by atoms with van der Waals surface area (Å²) >= 11 is 20.5. The minimum Gasteiger partial charge on any atom is -0.368 e. The molecule has 4 rings (SSSR count). The van der Waals surface area contributed by atoms with Crippen LogP contribution in [0.25, 0.3) is 0 Å². The fraction of sp³-hybridized carbons (Fsp3) is 0.350. The van der Waals surface area contributed by atoms with Crippen molar-refractivity contribution in [1.29, 1.82) is 0 Å². The summed E-state index contributed by atoms with van der Waals surface area (Å²) in [6.45, 7) is 2.52. The molecule has 0 aromatic heterocycles. The number of sulfonamides is 1. The Bertz CT molecular complexity index is 1100. The number of benzene rings is 2. The first kappa shape index (κ1) is 23.0. The summed E-state index contributed by atoms with van der Waals surface area (Å²) in [5.41, 5.74) is 2.68. The highest BCUT2D eigenvalue weighted by atomic mass is 79.9. The smallest absolute Gasteiger partial charge is 0.274 e. The molecule has 11 heteroatoms. The molecule has 0 bridgehead atoms. The summed E-state index contributed by atoms with van der Waals surface area (Å²) in [5, 5.41) is 0. The van der Waals surface area contributed by atoms with Crippen LogP contribution in [0.5, 0.6) is 0 Å². The molecule has 0 N–H and O–H groups in total. The minimum atomic E-state index is -3.62. The van der Waals surface area contributed by atoms with E-state index in [-0.39, 0.29) is 4.90 Å². The first-order chi connectivity index (χ1) is 14.6. The molecule has 2 aliphatic rings. The number of anilines is 2. The van der Waals surface area contributed by atoms with Crippen molar-refractivity contribution in [2.24, 2.45) is 0 Å². The summed E-state index contributed by atoms with van der Waals surface area (Å²) in [4.78, 5) is 16.1. The summed E-state index contributed by atoms with van der Waals surface area (Å²) in [6, 6.07) is 12.4. The summed E-state index contributed by atoms with van der Waals surface area (Å²) in [6.07, 6.45) is 0.643. The molecule has 0 radical (unpaired) electrons. The summed E-state index contributed by atoms with van der Waals surface area (Å²) < 4.78 is 26.6. The highest BCUT2D eigenvalue weighted by molar-refractivity contribution is 9.10. The monoisotopic (exact) mass is 565 g/mol. The standard InChI is InChI=1S/C20H19BrCl3N3O3S/c21-15-1-4-17(5-2-15)31(29,30)27-8-7-14-13-16(3-6-18(14)27)25-9-11-26(12-10-25)19(28)20(22,23)24/h1-6,13H,7-12H2. The number of rotatable bonds is 3. The van der Waals surface area contributed by atoms with Gasteiger partial charge in [0.05, 0.1) is 10.6 Å². The second-order valence-corrected chi connectivity index (χ2v) is 12.4. The van der Waals surface area contributed by atoms with E-state index >= 15 is 0 Å². The fourth-order valence-corrected chi connectivity index (χ4v) is 6.01. The van der Waals surface area contributed by atoms with Crippen LogP contribution in [0.4, 0.5) is 11.4 Å². The predicted octanol–water partition coefficient (Wildman–Crippen LogP) is 4.22. The molecule has 1 fully saturated rings. The zero-order valence-electron chi connectivity index (χ0n) is 16.3. The fourth-order valence-electron chi connectivity index (χ4n) is 3.89. The van der Waals surface area contributed by atoms with E-state index in [2.05, 4.69) is 20.8 Å². The first-order valence-corrected chi connectivity index (χ1v) is 13.0. The van der Waals surface area contributed by atoms with Gasteiger partial charge in [0.15, 0.2) is 0 Å². The molecular weight excluding hydrogens is 549 g/mol. The number of fused-ring (bicyclic) bond motifs is 1. The third-order valence-electron chi connectivity index (χ3n) is 5.49. The van der Waals surface area contributed by atoms with Crippen LogP contribution in [0.3, 0.4) is 0 Å². The lowest BCUT2D eigenvalue weighted by atomic mass is 10.1. The van der Waals surface area contributed by atoms with Gasteiger partial charge in [0.1, 0.15) is 0 Å².